The molecule has 0 aliphatic heterocycles. The summed E-state index contributed by atoms with van der Waals surface area (Å²) < 4.78 is 36.8. The smallest absolute Gasteiger partial charge is 0.506 e. The molecule has 0 spiro atoms. The molecule has 16 heavy (non-hydrogen) atoms. The van der Waals surface area contributed by atoms with E-state index in [0.29, 0.717) is 8.95 Å². The molecular formula is C8H5BBr2F3KO. The summed E-state index contributed by atoms with van der Waals surface area (Å²) in [7, 11) is 0. The second kappa shape index (κ2) is 6.96. The number of aromatic hydroxyl groups is 1. The first-order valence-electron chi connectivity index (χ1n) is 3.87. The molecule has 1 aromatic carbocycles. The van der Waals surface area contributed by atoms with Crippen LogP contribution in [-0.4, -0.2) is 12.1 Å². The van der Waals surface area contributed by atoms with Gasteiger partial charge in [0.2, 0.25) is 0 Å². The van der Waals surface area contributed by atoms with E-state index >= 15 is 0 Å². The Balaban J connectivity index is 0.00000225. The van der Waals surface area contributed by atoms with Crippen molar-refractivity contribution in [3.63, 3.8) is 0 Å². The van der Waals surface area contributed by atoms with Gasteiger partial charge in [-0.15, -0.1) is 5.98 Å². The van der Waals surface area contributed by atoms with Gasteiger partial charge in [-0.1, -0.05) is 22.0 Å². The van der Waals surface area contributed by atoms with E-state index in [1.807, 2.05) is 0 Å². The summed E-state index contributed by atoms with van der Waals surface area (Å²) in [4.78, 5) is 0. The quantitative estimate of drug-likeness (QED) is 0.764. The molecule has 82 valence electrons. The van der Waals surface area contributed by atoms with Crippen molar-refractivity contribution in [2.24, 2.45) is 0 Å². The molecule has 0 aliphatic carbocycles. The number of hydrogen-bond acceptors (Lipinski definition) is 1. The largest absolute Gasteiger partial charge is 1.00 e. The first kappa shape index (κ1) is 17.2. The van der Waals surface area contributed by atoms with Gasteiger partial charge in [-0.05, 0) is 28.1 Å². The van der Waals surface area contributed by atoms with E-state index in [0.717, 1.165) is 6.08 Å². The molecule has 0 radical (unpaired) electrons. The fourth-order valence-electron chi connectivity index (χ4n) is 0.926. The van der Waals surface area contributed by atoms with Crippen molar-refractivity contribution in [3.05, 3.63) is 32.6 Å². The zero-order valence-corrected chi connectivity index (χ0v) is 14.5. The summed E-state index contributed by atoms with van der Waals surface area (Å²) in [6.07, 6.45) is 0.838. The summed E-state index contributed by atoms with van der Waals surface area (Å²) in [6, 6.07) is 2.95. The van der Waals surface area contributed by atoms with Crippen molar-refractivity contribution in [1.29, 1.82) is 0 Å². The third-order valence-electron chi connectivity index (χ3n) is 1.55. The van der Waals surface area contributed by atoms with Crippen LogP contribution in [0.4, 0.5) is 12.9 Å². The van der Waals surface area contributed by atoms with E-state index < -0.39 is 6.98 Å². The molecule has 0 saturated carbocycles. The minimum Gasteiger partial charge on any atom is -0.506 e. The van der Waals surface area contributed by atoms with Gasteiger partial charge in [0.1, 0.15) is 5.75 Å². The summed E-state index contributed by atoms with van der Waals surface area (Å²) in [5.74, 6) is -0.0806. The third-order valence-corrected chi connectivity index (χ3v) is 2.61. The molecule has 0 unspecified atom stereocenters. The van der Waals surface area contributed by atoms with Gasteiger partial charge in [0.05, 0.1) is 4.47 Å². The Bertz CT molecular complexity index is 409. The predicted molar refractivity (Wildman–Crippen MR) is 61.6 cm³/mol. The second-order valence-electron chi connectivity index (χ2n) is 2.81. The zero-order chi connectivity index (χ0) is 11.6. The molecular weight excluding hydrogens is 379 g/mol. The Morgan fingerprint density at radius 1 is 1.19 bits per heavy atom. The molecule has 1 rings (SSSR count). The first-order valence-corrected chi connectivity index (χ1v) is 5.45. The zero-order valence-electron chi connectivity index (χ0n) is 8.22. The van der Waals surface area contributed by atoms with Gasteiger partial charge in [0.15, 0.2) is 0 Å². The molecule has 0 aliphatic rings. The molecule has 1 N–H and O–H groups in total. The Labute approximate surface area is 150 Å². The van der Waals surface area contributed by atoms with Gasteiger partial charge in [0, 0.05) is 10.0 Å². The molecule has 0 aromatic heterocycles. The molecule has 0 atom stereocenters. The summed E-state index contributed by atoms with van der Waals surface area (Å²) in [5.41, 5.74) is 0.107. The molecule has 0 bridgehead atoms. The van der Waals surface area contributed by atoms with Crippen LogP contribution >= 0.6 is 31.9 Å². The number of phenols is 1. The predicted octanol–water partition coefficient (Wildman–Crippen LogP) is 1.32. The summed E-state index contributed by atoms with van der Waals surface area (Å²) in [5, 5.41) is 9.44. The van der Waals surface area contributed by atoms with Crippen molar-refractivity contribution in [2.45, 2.75) is 0 Å². The van der Waals surface area contributed by atoms with E-state index in [-0.39, 0.29) is 68.7 Å². The van der Waals surface area contributed by atoms with Crippen molar-refractivity contribution in [1.82, 2.24) is 0 Å². The number of rotatable bonds is 2. The van der Waals surface area contributed by atoms with Crippen LogP contribution in [0.3, 0.4) is 0 Å². The molecule has 0 amide bonds. The Hall–Kier alpha value is 1.21. The van der Waals surface area contributed by atoms with Crippen molar-refractivity contribution < 1.29 is 69.4 Å². The maximum absolute atomic E-state index is 11.9. The standard InChI is InChI=1S/C8H5BBr2F3O.K/c10-6-3-5(1-2-9(12,13)14)8(15)7(11)4-6;/h1-4,15H;/q-1;+1/b2-1+;. The SMILES string of the molecule is Oc1c(Br)cc(Br)cc1/C=C/[B-](F)(F)F.[K+]. The van der Waals surface area contributed by atoms with Crippen LogP contribution in [0, 0.1) is 0 Å². The Morgan fingerprint density at radius 3 is 2.25 bits per heavy atom. The number of phenolic OH excluding ortho intramolecular Hbond substituents is 1. The van der Waals surface area contributed by atoms with E-state index in [1.165, 1.54) is 6.07 Å². The normalized spacial score (nSPS) is 11.6. The first-order chi connectivity index (χ1) is 6.79. The van der Waals surface area contributed by atoms with Crippen LogP contribution in [-0.2, 0) is 0 Å². The monoisotopic (exact) mass is 382 g/mol. The fourth-order valence-corrected chi connectivity index (χ4v) is 2.18. The summed E-state index contributed by atoms with van der Waals surface area (Å²) >= 11 is 6.14. The topological polar surface area (TPSA) is 20.2 Å². The number of hydrogen-bond donors (Lipinski definition) is 1. The minimum atomic E-state index is -4.99. The van der Waals surface area contributed by atoms with Crippen LogP contribution in [0.2, 0.25) is 0 Å². The van der Waals surface area contributed by atoms with Gasteiger partial charge < -0.3 is 18.1 Å². The Morgan fingerprint density at radius 2 is 1.75 bits per heavy atom. The van der Waals surface area contributed by atoms with E-state index in [9.17, 15) is 18.1 Å². The molecule has 0 heterocycles. The van der Waals surface area contributed by atoms with Gasteiger partial charge >= 0.3 is 58.4 Å². The fraction of sp³-hybridized carbons (Fsp3) is 0. The van der Waals surface area contributed by atoms with Crippen LogP contribution in [0.25, 0.3) is 6.08 Å². The summed E-state index contributed by atoms with van der Waals surface area (Å²) in [6.45, 7) is -4.99. The van der Waals surface area contributed by atoms with Crippen LogP contribution in [0.5, 0.6) is 5.75 Å². The second-order valence-corrected chi connectivity index (χ2v) is 4.58. The molecule has 0 saturated heterocycles. The van der Waals surface area contributed by atoms with Gasteiger partial charge in [-0.25, -0.2) is 0 Å². The van der Waals surface area contributed by atoms with E-state index in [2.05, 4.69) is 31.9 Å². The van der Waals surface area contributed by atoms with Crippen molar-refractivity contribution >= 4 is 44.9 Å². The number of benzene rings is 1. The number of halogens is 5. The minimum absolute atomic E-state index is 0. The Kier molecular flexibility index (Phi) is 7.49. The maximum atomic E-state index is 11.9. The van der Waals surface area contributed by atoms with Crippen LogP contribution < -0.4 is 51.4 Å². The van der Waals surface area contributed by atoms with Gasteiger partial charge in [-0.2, -0.15) is 0 Å². The third kappa shape index (κ3) is 5.70. The average Bonchev–Trinajstić information content (AvgIpc) is 2.07. The van der Waals surface area contributed by atoms with Gasteiger partial charge in [0.25, 0.3) is 0 Å². The van der Waals surface area contributed by atoms with Crippen LogP contribution in [0.15, 0.2) is 27.1 Å². The molecule has 1 aromatic rings. The average molecular weight is 384 g/mol. The van der Waals surface area contributed by atoms with E-state index in [4.69, 9.17) is 0 Å². The van der Waals surface area contributed by atoms with E-state index in [1.54, 1.807) is 6.07 Å². The molecule has 1 nitrogen and oxygen atoms in total. The molecule has 0 fully saturated rings. The molecule has 8 heteroatoms. The van der Waals surface area contributed by atoms with Crippen molar-refractivity contribution in [2.75, 3.05) is 0 Å². The van der Waals surface area contributed by atoms with Crippen LogP contribution in [0.1, 0.15) is 5.56 Å². The van der Waals surface area contributed by atoms with Gasteiger partial charge in [-0.3, -0.25) is 0 Å². The maximum Gasteiger partial charge on any atom is 1.00 e. The van der Waals surface area contributed by atoms with Crippen molar-refractivity contribution in [3.8, 4) is 5.75 Å².